The zero-order valence-electron chi connectivity index (χ0n) is 53.9. The largest absolute Gasteiger partial charge is 0.0636 e. The lowest BCUT2D eigenvalue weighted by Crippen LogP contribution is -1.85. The molecular formula is C55H40. The molecule has 0 N–H and O–H groups in total. The molecule has 0 bridgehead atoms. The predicted octanol–water partition coefficient (Wildman–Crippen LogP) is 15.3. The summed E-state index contributed by atoms with van der Waals surface area (Å²) in [5, 5.41) is 0. The third-order valence-corrected chi connectivity index (χ3v) is 8.60. The van der Waals surface area contributed by atoms with Crippen molar-refractivity contribution >= 4 is 0 Å². The van der Waals surface area contributed by atoms with Gasteiger partial charge in [-0.05, 0) is 120 Å². The van der Waals surface area contributed by atoms with Crippen molar-refractivity contribution in [3.05, 3.63) is 229 Å². The Bertz CT molecular complexity index is 3800. The van der Waals surface area contributed by atoms with E-state index in [0.717, 1.165) is 0 Å². The van der Waals surface area contributed by atoms with Crippen molar-refractivity contribution in [2.24, 2.45) is 0 Å². The summed E-state index contributed by atoms with van der Waals surface area (Å²) < 4.78 is 218. The first-order valence-electron chi connectivity index (χ1n) is 29.5. The van der Waals surface area contributed by atoms with Gasteiger partial charge in [-0.15, -0.1) is 0 Å². The van der Waals surface area contributed by atoms with Crippen molar-refractivity contribution in [1.29, 1.82) is 0 Å². The fraction of sp³-hybridized carbons (Fsp3) is 0.0182. The van der Waals surface area contributed by atoms with Gasteiger partial charge in [0.1, 0.15) is 0 Å². The van der Waals surface area contributed by atoms with Crippen LogP contribution in [0.3, 0.4) is 0 Å². The van der Waals surface area contributed by atoms with Gasteiger partial charge in [0, 0.05) is 0 Å². The Kier molecular flexibility index (Phi) is 4.45. The van der Waals surface area contributed by atoms with Crippen LogP contribution in [0.5, 0.6) is 0 Å². The van der Waals surface area contributed by atoms with E-state index in [9.17, 15) is 2.74 Å². The topological polar surface area (TPSA) is 0 Å². The maximum absolute atomic E-state index is 9.36. The monoisotopic (exact) mass is 725 g/mol. The smallest absolute Gasteiger partial charge is 0.0622 e. The standard InChI is InChI=1S/C55H40/c1-39-19-21-41(22-20-39)43-25-29-45(30-26-43)49-12-6-16-53(36-49)55-18-8-14-51(38-55)47-33-31-46(32-34-47)50-13-7-17-54(37-50)52-15-5-11-48(35-52)44-27-23-42(24-28-44)40-9-3-2-4-10-40/h2-38H,1H3/i2D,3D,4D,5D,6D,9D,10D,11D,12D,15D,16D,19D,20D,21D,22D,23D,24D,25D,26D,27D,28D,29D,30D,35D,36D. The van der Waals surface area contributed by atoms with Gasteiger partial charge in [0.2, 0.25) is 0 Å². The molecular weight excluding hydrogens is 661 g/mol. The van der Waals surface area contributed by atoms with Gasteiger partial charge in [-0.25, -0.2) is 0 Å². The minimum absolute atomic E-state index is 0.0166. The lowest BCUT2D eigenvalue weighted by molar-refractivity contribution is 1.47. The molecule has 0 fully saturated rings. The molecule has 0 spiro atoms. The van der Waals surface area contributed by atoms with Crippen molar-refractivity contribution in [2.75, 3.05) is 0 Å². The Labute approximate surface area is 359 Å². The zero-order chi connectivity index (χ0) is 58.7. The summed E-state index contributed by atoms with van der Waals surface area (Å²) in [6.07, 6.45) is 0. The second-order valence-electron chi connectivity index (χ2n) is 12.2. The van der Waals surface area contributed by atoms with Gasteiger partial charge >= 0.3 is 0 Å². The summed E-state index contributed by atoms with van der Waals surface area (Å²) in [5.74, 6) is 0. The third kappa shape index (κ3) is 7.45. The molecule has 9 rings (SSSR count). The van der Waals surface area contributed by atoms with Crippen molar-refractivity contribution in [1.82, 2.24) is 0 Å². The van der Waals surface area contributed by atoms with E-state index in [2.05, 4.69) is 0 Å². The first-order chi connectivity index (χ1) is 37.6. The molecule has 0 aliphatic carbocycles. The van der Waals surface area contributed by atoms with Crippen LogP contribution < -0.4 is 0 Å². The highest BCUT2D eigenvalue weighted by atomic mass is 14.1. The van der Waals surface area contributed by atoms with Gasteiger partial charge in [0.05, 0.1) is 34.3 Å². The van der Waals surface area contributed by atoms with Crippen LogP contribution >= 0.6 is 0 Å². The second kappa shape index (κ2) is 15.1. The molecule has 0 heterocycles. The molecule has 9 aromatic rings. The molecule has 0 unspecified atom stereocenters. The molecule has 0 atom stereocenters. The Morgan fingerprint density at radius 2 is 0.545 bits per heavy atom. The molecule has 0 aliphatic rings. The van der Waals surface area contributed by atoms with Crippen LogP contribution in [0.2, 0.25) is 0 Å². The molecule has 260 valence electrons. The van der Waals surface area contributed by atoms with E-state index in [-0.39, 0.29) is 27.8 Å². The average molecular weight is 726 g/mol. The molecule has 55 heavy (non-hydrogen) atoms. The number of hydrogen-bond acceptors (Lipinski definition) is 0. The fourth-order valence-electron chi connectivity index (χ4n) is 5.79. The highest BCUT2D eigenvalue weighted by Crippen LogP contribution is 2.34. The molecule has 0 radical (unpaired) electrons. The van der Waals surface area contributed by atoms with Crippen molar-refractivity contribution in [2.45, 2.75) is 6.92 Å². The molecule has 9 aromatic carbocycles. The van der Waals surface area contributed by atoms with Crippen LogP contribution in [0.25, 0.3) is 89.0 Å². The summed E-state index contributed by atoms with van der Waals surface area (Å²) in [5.41, 5.74) is -1.68. The first-order valence-corrected chi connectivity index (χ1v) is 17.0. The summed E-state index contributed by atoms with van der Waals surface area (Å²) in [6.45, 7) is 1.38. The van der Waals surface area contributed by atoms with Crippen LogP contribution in [-0.2, 0) is 0 Å². The van der Waals surface area contributed by atoms with E-state index < -0.39 is 196 Å². The molecule has 0 saturated carbocycles. The van der Waals surface area contributed by atoms with Gasteiger partial charge in [-0.2, -0.15) is 0 Å². The molecule has 0 aromatic heterocycles. The first kappa shape index (κ1) is 16.1. The fourth-order valence-corrected chi connectivity index (χ4v) is 5.79. The van der Waals surface area contributed by atoms with Crippen molar-refractivity contribution in [3.8, 4) is 89.0 Å². The molecule has 0 saturated heterocycles. The van der Waals surface area contributed by atoms with E-state index in [0.29, 0.717) is 22.3 Å². The van der Waals surface area contributed by atoms with E-state index in [1.54, 1.807) is 72.8 Å². The Balaban J connectivity index is 1.09. The van der Waals surface area contributed by atoms with Gasteiger partial charge in [0.25, 0.3) is 0 Å². The summed E-state index contributed by atoms with van der Waals surface area (Å²) in [4.78, 5) is 0. The number of hydrogen-bond donors (Lipinski definition) is 0. The van der Waals surface area contributed by atoms with Crippen LogP contribution in [-0.4, -0.2) is 0 Å². The van der Waals surface area contributed by atoms with Gasteiger partial charge in [-0.1, -0.05) is 205 Å². The van der Waals surface area contributed by atoms with Crippen LogP contribution in [0, 0.1) is 6.92 Å². The third-order valence-electron chi connectivity index (χ3n) is 8.60. The maximum Gasteiger partial charge on any atom is 0.0636 e. The molecule has 0 aliphatic heterocycles. The highest BCUT2D eigenvalue weighted by Gasteiger charge is 2.08. The summed E-state index contributed by atoms with van der Waals surface area (Å²) in [6, 6.07) is 3.07. The summed E-state index contributed by atoms with van der Waals surface area (Å²) in [7, 11) is 0. The van der Waals surface area contributed by atoms with Crippen LogP contribution in [0.15, 0.2) is 224 Å². The average Bonchev–Trinajstić information content (AvgIpc) is 3.50. The lowest BCUT2D eigenvalue weighted by Gasteiger charge is -2.11. The predicted molar refractivity (Wildman–Crippen MR) is 235 cm³/mol. The molecule has 0 amide bonds. The van der Waals surface area contributed by atoms with Crippen molar-refractivity contribution < 1.29 is 34.3 Å². The minimum atomic E-state index is -0.817. The van der Waals surface area contributed by atoms with Gasteiger partial charge < -0.3 is 0 Å². The SMILES string of the molecule is [2H]c1c([2H])c([2H])c(-c2c([2H])c([2H])c(-c3c([2H])c([2H])c([2H])c(-c4cccc(-c5ccc(-c6cccc(-c7c([2H])c([2H])c([2H])c(-c8c([2H])c([2H])c(-c9c([2H])c([2H])c(C)c([2H])c9[2H])c([2H])c8[2H])c7[2H])c6)cc5)c4)c3[2H])c([2H])c2[2H])c([2H])c1[2H]. The van der Waals surface area contributed by atoms with Crippen LogP contribution in [0.4, 0.5) is 0 Å². The Hall–Kier alpha value is -7.02. The molecule has 0 nitrogen and oxygen atoms in total. The zero-order valence-corrected chi connectivity index (χ0v) is 28.9. The summed E-state index contributed by atoms with van der Waals surface area (Å²) >= 11 is 0. The maximum atomic E-state index is 9.36. The van der Waals surface area contributed by atoms with Crippen molar-refractivity contribution in [3.63, 3.8) is 0 Å². The van der Waals surface area contributed by atoms with E-state index in [1.807, 2.05) is 0 Å². The quantitative estimate of drug-likeness (QED) is 0.146. The lowest BCUT2D eigenvalue weighted by atomic mass is 9.94. The van der Waals surface area contributed by atoms with E-state index >= 15 is 0 Å². The van der Waals surface area contributed by atoms with E-state index in [1.165, 1.54) is 6.92 Å². The van der Waals surface area contributed by atoms with Gasteiger partial charge in [-0.3, -0.25) is 0 Å². The van der Waals surface area contributed by atoms with E-state index in [4.69, 9.17) is 31.5 Å². The Morgan fingerprint density at radius 1 is 0.255 bits per heavy atom. The highest BCUT2D eigenvalue weighted by molar-refractivity contribution is 5.81. The Morgan fingerprint density at radius 3 is 0.945 bits per heavy atom. The van der Waals surface area contributed by atoms with Crippen LogP contribution in [0.1, 0.15) is 39.8 Å². The number of benzene rings is 9. The van der Waals surface area contributed by atoms with Gasteiger partial charge in [0.15, 0.2) is 0 Å². The minimum Gasteiger partial charge on any atom is -0.0622 e. The normalized spacial score (nSPS) is 17.4. The number of rotatable bonds is 8. The molecule has 0 heteroatoms. The second-order valence-corrected chi connectivity index (χ2v) is 12.2.